The summed E-state index contributed by atoms with van der Waals surface area (Å²) in [5.41, 5.74) is 6.93. The standard InChI is InChI=1S/C15H14N2O2/c16-11-12-4-3-5-13(10-12)18-8-9-19-15-7-2-1-6-14(15)17/h1-7,10H,8-9,17H2. The minimum atomic E-state index is 0.392. The predicted molar refractivity (Wildman–Crippen MR) is 73.0 cm³/mol. The maximum atomic E-state index is 8.77. The van der Waals surface area contributed by atoms with Gasteiger partial charge in [-0.1, -0.05) is 18.2 Å². The van der Waals surface area contributed by atoms with Crippen LogP contribution in [0.25, 0.3) is 0 Å². The molecule has 2 aromatic rings. The minimum absolute atomic E-state index is 0.392. The molecule has 0 amide bonds. The van der Waals surface area contributed by atoms with Gasteiger partial charge in [0, 0.05) is 0 Å². The van der Waals surface area contributed by atoms with Crippen molar-refractivity contribution in [1.29, 1.82) is 5.26 Å². The molecule has 96 valence electrons. The first kappa shape index (κ1) is 12.8. The number of benzene rings is 2. The van der Waals surface area contributed by atoms with Gasteiger partial charge in [-0.05, 0) is 30.3 Å². The summed E-state index contributed by atoms with van der Waals surface area (Å²) in [6, 6.07) is 16.4. The largest absolute Gasteiger partial charge is 0.490 e. The SMILES string of the molecule is N#Cc1cccc(OCCOc2ccccc2N)c1. The summed E-state index contributed by atoms with van der Waals surface area (Å²) >= 11 is 0. The van der Waals surface area contributed by atoms with E-state index in [4.69, 9.17) is 20.5 Å². The Kier molecular flexibility index (Phi) is 4.25. The minimum Gasteiger partial charge on any atom is -0.490 e. The third kappa shape index (κ3) is 3.65. The lowest BCUT2D eigenvalue weighted by atomic mass is 10.2. The number of para-hydroxylation sites is 2. The molecule has 19 heavy (non-hydrogen) atoms. The molecule has 0 saturated heterocycles. The van der Waals surface area contributed by atoms with Crippen molar-refractivity contribution < 1.29 is 9.47 Å². The van der Waals surface area contributed by atoms with E-state index in [1.54, 1.807) is 30.3 Å². The van der Waals surface area contributed by atoms with Crippen molar-refractivity contribution in [2.45, 2.75) is 0 Å². The van der Waals surface area contributed by atoms with Crippen LogP contribution in [-0.4, -0.2) is 13.2 Å². The normalized spacial score (nSPS) is 9.63. The van der Waals surface area contributed by atoms with E-state index >= 15 is 0 Å². The van der Waals surface area contributed by atoms with Gasteiger partial charge >= 0.3 is 0 Å². The van der Waals surface area contributed by atoms with Crippen LogP contribution in [0.1, 0.15) is 5.56 Å². The van der Waals surface area contributed by atoms with E-state index in [0.29, 0.717) is 36.0 Å². The Hall–Kier alpha value is -2.67. The molecule has 4 heteroatoms. The quantitative estimate of drug-likeness (QED) is 0.657. The monoisotopic (exact) mass is 254 g/mol. The first-order chi connectivity index (χ1) is 9.29. The number of nitrogen functional groups attached to an aromatic ring is 1. The van der Waals surface area contributed by atoms with Crippen molar-refractivity contribution in [3.05, 3.63) is 54.1 Å². The first-order valence-electron chi connectivity index (χ1n) is 5.90. The summed E-state index contributed by atoms with van der Waals surface area (Å²) in [4.78, 5) is 0. The molecule has 0 aliphatic rings. The Morgan fingerprint density at radius 2 is 1.79 bits per heavy atom. The fourth-order valence-corrected chi connectivity index (χ4v) is 1.58. The molecule has 2 aromatic carbocycles. The van der Waals surface area contributed by atoms with Crippen LogP contribution in [0.15, 0.2) is 48.5 Å². The maximum Gasteiger partial charge on any atom is 0.142 e. The van der Waals surface area contributed by atoms with Crippen molar-refractivity contribution in [1.82, 2.24) is 0 Å². The summed E-state index contributed by atoms with van der Waals surface area (Å²) < 4.78 is 11.0. The van der Waals surface area contributed by atoms with E-state index in [0.717, 1.165) is 0 Å². The van der Waals surface area contributed by atoms with E-state index in [-0.39, 0.29) is 0 Å². The number of rotatable bonds is 5. The molecule has 2 N–H and O–H groups in total. The van der Waals surface area contributed by atoms with Crippen molar-refractivity contribution in [2.24, 2.45) is 0 Å². The Labute approximate surface area is 112 Å². The van der Waals surface area contributed by atoms with Gasteiger partial charge in [0.1, 0.15) is 24.7 Å². The van der Waals surface area contributed by atoms with Gasteiger partial charge in [0.05, 0.1) is 17.3 Å². The lowest BCUT2D eigenvalue weighted by molar-refractivity contribution is 0.218. The van der Waals surface area contributed by atoms with Crippen LogP contribution >= 0.6 is 0 Å². The Morgan fingerprint density at radius 1 is 1.00 bits per heavy atom. The van der Waals surface area contributed by atoms with Crippen LogP contribution in [0.5, 0.6) is 11.5 Å². The third-order valence-corrected chi connectivity index (χ3v) is 2.49. The highest BCUT2D eigenvalue weighted by atomic mass is 16.5. The number of hydrogen-bond donors (Lipinski definition) is 1. The first-order valence-corrected chi connectivity index (χ1v) is 5.90. The molecule has 0 atom stereocenters. The van der Waals surface area contributed by atoms with Crippen molar-refractivity contribution in [3.8, 4) is 17.6 Å². The van der Waals surface area contributed by atoms with Gasteiger partial charge in [-0.25, -0.2) is 0 Å². The van der Waals surface area contributed by atoms with Gasteiger partial charge in [-0.15, -0.1) is 0 Å². The molecule has 0 spiro atoms. The summed E-state index contributed by atoms with van der Waals surface area (Å²) in [5.74, 6) is 1.31. The van der Waals surface area contributed by atoms with Crippen LogP contribution in [0, 0.1) is 11.3 Å². The smallest absolute Gasteiger partial charge is 0.142 e. The lowest BCUT2D eigenvalue weighted by Crippen LogP contribution is -2.09. The molecule has 0 saturated carbocycles. The average Bonchev–Trinajstić information content (AvgIpc) is 2.45. The molecule has 0 bridgehead atoms. The predicted octanol–water partition coefficient (Wildman–Crippen LogP) is 2.60. The number of nitriles is 1. The Bertz CT molecular complexity index is 591. The third-order valence-electron chi connectivity index (χ3n) is 2.49. The molecule has 0 aromatic heterocycles. The summed E-state index contributed by atoms with van der Waals surface area (Å²) in [7, 11) is 0. The van der Waals surface area contributed by atoms with Crippen LogP contribution in [-0.2, 0) is 0 Å². The second kappa shape index (κ2) is 6.31. The highest BCUT2D eigenvalue weighted by Crippen LogP contribution is 2.19. The number of ether oxygens (including phenoxy) is 2. The highest BCUT2D eigenvalue weighted by Gasteiger charge is 1.99. The molecule has 0 fully saturated rings. The molecule has 4 nitrogen and oxygen atoms in total. The molecule has 0 aliphatic heterocycles. The van der Waals surface area contributed by atoms with Crippen molar-refractivity contribution in [3.63, 3.8) is 0 Å². The van der Waals surface area contributed by atoms with E-state index in [9.17, 15) is 0 Å². The maximum absolute atomic E-state index is 8.77. The summed E-state index contributed by atoms with van der Waals surface area (Å²) in [5, 5.41) is 8.77. The molecule has 0 heterocycles. The van der Waals surface area contributed by atoms with Crippen LogP contribution in [0.2, 0.25) is 0 Å². The van der Waals surface area contributed by atoms with E-state index in [2.05, 4.69) is 6.07 Å². The van der Waals surface area contributed by atoms with Gasteiger partial charge in [-0.3, -0.25) is 0 Å². The molecular formula is C15H14N2O2. The van der Waals surface area contributed by atoms with Gasteiger partial charge < -0.3 is 15.2 Å². The van der Waals surface area contributed by atoms with E-state index in [1.807, 2.05) is 18.2 Å². The average molecular weight is 254 g/mol. The molecule has 0 radical (unpaired) electrons. The Balaban J connectivity index is 1.81. The zero-order chi connectivity index (χ0) is 13.5. The fourth-order valence-electron chi connectivity index (χ4n) is 1.58. The van der Waals surface area contributed by atoms with E-state index in [1.165, 1.54) is 0 Å². The van der Waals surface area contributed by atoms with Gasteiger partial charge in [-0.2, -0.15) is 5.26 Å². The van der Waals surface area contributed by atoms with Crippen LogP contribution < -0.4 is 15.2 Å². The molecule has 0 unspecified atom stereocenters. The molecule has 2 rings (SSSR count). The number of nitrogens with zero attached hydrogens (tertiary/aromatic N) is 1. The van der Waals surface area contributed by atoms with Crippen molar-refractivity contribution >= 4 is 5.69 Å². The highest BCUT2D eigenvalue weighted by molar-refractivity contribution is 5.51. The van der Waals surface area contributed by atoms with Gasteiger partial charge in [0.15, 0.2) is 0 Å². The van der Waals surface area contributed by atoms with E-state index < -0.39 is 0 Å². The number of anilines is 1. The fraction of sp³-hybridized carbons (Fsp3) is 0.133. The molecular weight excluding hydrogens is 240 g/mol. The van der Waals surface area contributed by atoms with Gasteiger partial charge in [0.2, 0.25) is 0 Å². The topological polar surface area (TPSA) is 68.3 Å². The van der Waals surface area contributed by atoms with Crippen molar-refractivity contribution in [2.75, 3.05) is 18.9 Å². The Morgan fingerprint density at radius 3 is 2.58 bits per heavy atom. The van der Waals surface area contributed by atoms with Crippen LogP contribution in [0.4, 0.5) is 5.69 Å². The zero-order valence-electron chi connectivity index (χ0n) is 10.4. The number of nitrogens with two attached hydrogens (primary N) is 1. The summed E-state index contributed by atoms with van der Waals surface area (Å²) in [6.45, 7) is 0.786. The second-order valence-corrected chi connectivity index (χ2v) is 3.87. The second-order valence-electron chi connectivity index (χ2n) is 3.87. The lowest BCUT2D eigenvalue weighted by Gasteiger charge is -2.09. The number of hydrogen-bond acceptors (Lipinski definition) is 4. The van der Waals surface area contributed by atoms with Gasteiger partial charge in [0.25, 0.3) is 0 Å². The summed E-state index contributed by atoms with van der Waals surface area (Å²) in [6.07, 6.45) is 0. The molecule has 0 aliphatic carbocycles. The van der Waals surface area contributed by atoms with Crippen LogP contribution in [0.3, 0.4) is 0 Å². The zero-order valence-corrected chi connectivity index (χ0v) is 10.4.